The molecule has 2 N–H and O–H groups in total. The zero-order chi connectivity index (χ0) is 15.5. The number of amides is 2. The standard InChI is InChI=1S/C17H29N3O2/c1-12(21)18-16(13-6-2-3-7-13)17(22)19-14-9-11-20-10-5-4-8-15(14)20/h13-16H,2-11H2,1H3,(H,18,21)(H,19,22)/t14-,15+,16-/m0/s1. The van der Waals surface area contributed by atoms with Crippen molar-refractivity contribution in [3.8, 4) is 0 Å². The van der Waals surface area contributed by atoms with E-state index in [4.69, 9.17) is 0 Å². The molecule has 1 saturated carbocycles. The van der Waals surface area contributed by atoms with Crippen molar-refractivity contribution in [1.82, 2.24) is 15.5 Å². The maximum atomic E-state index is 12.8. The Bertz CT molecular complexity index is 420. The maximum Gasteiger partial charge on any atom is 0.243 e. The highest BCUT2D eigenvalue weighted by atomic mass is 16.2. The summed E-state index contributed by atoms with van der Waals surface area (Å²) in [6, 6.07) is 0.447. The molecule has 0 aromatic heterocycles. The molecule has 5 heteroatoms. The van der Waals surface area contributed by atoms with E-state index in [9.17, 15) is 9.59 Å². The second kappa shape index (κ2) is 6.99. The molecular weight excluding hydrogens is 278 g/mol. The van der Waals surface area contributed by atoms with Crippen molar-refractivity contribution in [2.24, 2.45) is 5.92 Å². The largest absolute Gasteiger partial charge is 0.350 e. The van der Waals surface area contributed by atoms with E-state index in [0.717, 1.165) is 25.8 Å². The summed E-state index contributed by atoms with van der Waals surface area (Å²) in [6.07, 6.45) is 9.25. The van der Waals surface area contributed by atoms with Crippen LogP contribution in [0.3, 0.4) is 0 Å². The fourth-order valence-electron chi connectivity index (χ4n) is 4.60. The molecule has 2 aliphatic heterocycles. The minimum atomic E-state index is -0.336. The fourth-order valence-corrected chi connectivity index (χ4v) is 4.60. The van der Waals surface area contributed by atoms with Crippen LogP contribution in [0.15, 0.2) is 0 Å². The van der Waals surface area contributed by atoms with Crippen LogP contribution in [0.2, 0.25) is 0 Å². The summed E-state index contributed by atoms with van der Waals surface area (Å²) in [5.74, 6) is 0.255. The highest BCUT2D eigenvalue weighted by molar-refractivity contribution is 5.87. The molecule has 3 fully saturated rings. The minimum absolute atomic E-state index is 0.0412. The topological polar surface area (TPSA) is 61.4 Å². The van der Waals surface area contributed by atoms with Gasteiger partial charge in [0.1, 0.15) is 6.04 Å². The Morgan fingerprint density at radius 2 is 1.73 bits per heavy atom. The van der Waals surface area contributed by atoms with E-state index < -0.39 is 0 Å². The van der Waals surface area contributed by atoms with Crippen LogP contribution in [0.5, 0.6) is 0 Å². The van der Waals surface area contributed by atoms with Crippen LogP contribution >= 0.6 is 0 Å². The second-order valence-electron chi connectivity index (χ2n) is 7.23. The highest BCUT2D eigenvalue weighted by Gasteiger charge is 2.38. The van der Waals surface area contributed by atoms with Crippen molar-refractivity contribution in [1.29, 1.82) is 0 Å². The van der Waals surface area contributed by atoms with Crippen LogP contribution in [-0.4, -0.2) is 47.9 Å². The molecule has 22 heavy (non-hydrogen) atoms. The first-order valence-corrected chi connectivity index (χ1v) is 8.96. The summed E-state index contributed by atoms with van der Waals surface area (Å²) in [7, 11) is 0. The Kier molecular flexibility index (Phi) is 5.01. The summed E-state index contributed by atoms with van der Waals surface area (Å²) >= 11 is 0. The minimum Gasteiger partial charge on any atom is -0.350 e. The predicted molar refractivity (Wildman–Crippen MR) is 85.3 cm³/mol. The molecule has 3 aliphatic rings. The normalized spacial score (nSPS) is 30.8. The van der Waals surface area contributed by atoms with Gasteiger partial charge in [-0.05, 0) is 44.6 Å². The molecule has 0 aromatic rings. The summed E-state index contributed by atoms with van der Waals surface area (Å²) in [6.45, 7) is 3.78. The van der Waals surface area contributed by atoms with E-state index in [1.807, 2.05) is 0 Å². The van der Waals surface area contributed by atoms with Crippen molar-refractivity contribution in [3.05, 3.63) is 0 Å². The van der Waals surface area contributed by atoms with Crippen molar-refractivity contribution >= 4 is 11.8 Å². The Balaban J connectivity index is 1.61. The number of carbonyl (C=O) groups is 2. The van der Waals surface area contributed by atoms with E-state index in [2.05, 4.69) is 15.5 Å². The van der Waals surface area contributed by atoms with Crippen LogP contribution in [0.1, 0.15) is 58.3 Å². The van der Waals surface area contributed by atoms with Gasteiger partial charge in [0.05, 0.1) is 0 Å². The van der Waals surface area contributed by atoms with Crippen LogP contribution < -0.4 is 10.6 Å². The molecule has 5 nitrogen and oxygen atoms in total. The van der Waals surface area contributed by atoms with Crippen molar-refractivity contribution in [2.45, 2.75) is 76.4 Å². The van der Waals surface area contributed by atoms with E-state index >= 15 is 0 Å². The van der Waals surface area contributed by atoms with E-state index in [1.54, 1.807) is 0 Å². The third-order valence-electron chi connectivity index (χ3n) is 5.70. The number of nitrogens with zero attached hydrogens (tertiary/aromatic N) is 1. The van der Waals surface area contributed by atoms with Crippen LogP contribution in [-0.2, 0) is 9.59 Å². The summed E-state index contributed by atoms with van der Waals surface area (Å²) < 4.78 is 0. The van der Waals surface area contributed by atoms with E-state index in [-0.39, 0.29) is 23.9 Å². The quantitative estimate of drug-likeness (QED) is 0.826. The fraction of sp³-hybridized carbons (Fsp3) is 0.882. The predicted octanol–water partition coefficient (Wildman–Crippen LogP) is 1.42. The number of piperidine rings is 1. The van der Waals surface area contributed by atoms with Gasteiger partial charge >= 0.3 is 0 Å². The van der Waals surface area contributed by atoms with Crippen molar-refractivity contribution in [2.75, 3.05) is 13.1 Å². The van der Waals surface area contributed by atoms with Gasteiger partial charge in [-0.25, -0.2) is 0 Å². The number of nitrogens with one attached hydrogen (secondary N) is 2. The number of fused-ring (bicyclic) bond motifs is 1. The highest BCUT2D eigenvalue weighted by Crippen LogP contribution is 2.30. The smallest absolute Gasteiger partial charge is 0.243 e. The lowest BCUT2D eigenvalue weighted by molar-refractivity contribution is -0.130. The molecule has 0 radical (unpaired) electrons. The molecule has 0 unspecified atom stereocenters. The lowest BCUT2D eigenvalue weighted by atomic mass is 9.95. The maximum absolute atomic E-state index is 12.8. The Hall–Kier alpha value is -1.10. The zero-order valence-electron chi connectivity index (χ0n) is 13.6. The third kappa shape index (κ3) is 3.45. The first-order valence-electron chi connectivity index (χ1n) is 8.96. The molecule has 0 spiro atoms. The van der Waals surface area contributed by atoms with Gasteiger partial charge in [0.25, 0.3) is 0 Å². The third-order valence-corrected chi connectivity index (χ3v) is 5.70. The number of hydrogen-bond donors (Lipinski definition) is 2. The average molecular weight is 307 g/mol. The zero-order valence-corrected chi connectivity index (χ0v) is 13.6. The summed E-state index contributed by atoms with van der Waals surface area (Å²) in [5, 5.41) is 6.17. The molecule has 2 saturated heterocycles. The van der Waals surface area contributed by atoms with Gasteiger partial charge in [0.15, 0.2) is 0 Å². The molecule has 1 aliphatic carbocycles. The molecule has 2 amide bonds. The van der Waals surface area contributed by atoms with Crippen LogP contribution in [0.25, 0.3) is 0 Å². The lowest BCUT2D eigenvalue weighted by Crippen LogP contribution is -2.55. The van der Waals surface area contributed by atoms with Crippen LogP contribution in [0.4, 0.5) is 0 Å². The van der Waals surface area contributed by atoms with Gasteiger partial charge < -0.3 is 10.6 Å². The molecule has 2 heterocycles. The molecule has 3 rings (SSSR count). The Labute approximate surface area is 133 Å². The van der Waals surface area contributed by atoms with Gasteiger partial charge in [-0.2, -0.15) is 0 Å². The monoisotopic (exact) mass is 307 g/mol. The first kappa shape index (κ1) is 15.8. The van der Waals surface area contributed by atoms with Crippen molar-refractivity contribution < 1.29 is 9.59 Å². The van der Waals surface area contributed by atoms with Gasteiger partial charge in [-0.3, -0.25) is 14.5 Å². The van der Waals surface area contributed by atoms with E-state index in [1.165, 1.54) is 45.6 Å². The summed E-state index contributed by atoms with van der Waals surface area (Å²) in [5.41, 5.74) is 0. The molecular formula is C17H29N3O2. The van der Waals surface area contributed by atoms with Gasteiger partial charge in [-0.15, -0.1) is 0 Å². The number of carbonyl (C=O) groups excluding carboxylic acids is 2. The first-order chi connectivity index (χ1) is 10.6. The molecule has 0 aromatic carbocycles. The summed E-state index contributed by atoms with van der Waals surface area (Å²) in [4.78, 5) is 26.8. The number of rotatable bonds is 4. The second-order valence-corrected chi connectivity index (χ2v) is 7.23. The van der Waals surface area contributed by atoms with Crippen molar-refractivity contribution in [3.63, 3.8) is 0 Å². The van der Waals surface area contributed by atoms with Crippen LogP contribution in [0, 0.1) is 5.92 Å². The lowest BCUT2D eigenvalue weighted by Gasteiger charge is -2.33. The van der Waals surface area contributed by atoms with E-state index in [0.29, 0.717) is 12.0 Å². The van der Waals surface area contributed by atoms with Gasteiger partial charge in [0, 0.05) is 25.6 Å². The van der Waals surface area contributed by atoms with Gasteiger partial charge in [0.2, 0.25) is 11.8 Å². The molecule has 3 atom stereocenters. The Morgan fingerprint density at radius 3 is 2.45 bits per heavy atom. The SMILES string of the molecule is CC(=O)N[C@H](C(=O)N[C@H]1CCN2CCCC[C@H]12)C1CCCC1. The molecule has 124 valence electrons. The van der Waals surface area contributed by atoms with Gasteiger partial charge in [-0.1, -0.05) is 19.3 Å². The Morgan fingerprint density at radius 1 is 1.00 bits per heavy atom. The molecule has 0 bridgehead atoms. The average Bonchev–Trinajstić information content (AvgIpc) is 3.15. The number of hydrogen-bond acceptors (Lipinski definition) is 3.